The van der Waals surface area contributed by atoms with Crippen LogP contribution < -0.4 is 0 Å². The Bertz CT molecular complexity index is 974. The second-order valence-corrected chi connectivity index (χ2v) is 10.3. The van der Waals surface area contributed by atoms with E-state index in [-0.39, 0.29) is 0 Å². The highest BCUT2D eigenvalue weighted by Crippen LogP contribution is 2.34. The Kier molecular flexibility index (Phi) is 10.6. The Morgan fingerprint density at radius 3 is 2.13 bits per heavy atom. The lowest BCUT2D eigenvalue weighted by atomic mass is 9.83. The molecule has 0 amide bonds. The third-order valence-electron chi connectivity index (χ3n) is 6.56. The lowest BCUT2D eigenvalue weighted by Gasteiger charge is -2.44. The minimum Gasteiger partial charge on any atom is -0.475 e. The van der Waals surface area contributed by atoms with E-state index >= 15 is 0 Å². The Hall–Kier alpha value is -1.56. The molecule has 226 valence electrons. The van der Waals surface area contributed by atoms with E-state index in [4.69, 9.17) is 33.3 Å². The van der Waals surface area contributed by atoms with Crippen molar-refractivity contribution in [2.75, 3.05) is 19.8 Å². The number of carbonyl (C=O) groups is 1. The zero-order valence-corrected chi connectivity index (χ0v) is 21.1. The summed E-state index contributed by atoms with van der Waals surface area (Å²) in [6.07, 6.45) is -17.3. The van der Waals surface area contributed by atoms with Crippen LogP contribution in [0.15, 0.2) is 11.8 Å². The first kappa shape index (κ1) is 32.0. The van der Waals surface area contributed by atoms with Crippen LogP contribution in [0.5, 0.6) is 0 Å². The second-order valence-electron chi connectivity index (χ2n) is 9.22. The fourth-order valence-electron chi connectivity index (χ4n) is 4.38. The van der Waals surface area contributed by atoms with E-state index in [1.54, 1.807) is 0 Å². The number of carboxylic acids is 1. The van der Waals surface area contributed by atoms with Crippen LogP contribution in [0.1, 0.15) is 6.92 Å². The summed E-state index contributed by atoms with van der Waals surface area (Å²) in [6, 6.07) is 0. The highest BCUT2D eigenvalue weighted by atomic mass is 32.3. The van der Waals surface area contributed by atoms with Crippen molar-refractivity contribution in [3.63, 3.8) is 0 Å². The molecule has 13 atom stereocenters. The fourth-order valence-corrected chi connectivity index (χ4v) is 4.89. The number of ether oxygens (including phenoxy) is 5. The van der Waals surface area contributed by atoms with E-state index in [9.17, 15) is 49.0 Å². The molecular formula is C20H32O18S. The summed E-state index contributed by atoms with van der Waals surface area (Å²) in [7, 11) is -5.10. The van der Waals surface area contributed by atoms with Crippen molar-refractivity contribution in [3.8, 4) is 0 Å². The van der Waals surface area contributed by atoms with Crippen molar-refractivity contribution in [1.29, 1.82) is 0 Å². The van der Waals surface area contributed by atoms with E-state index in [0.717, 1.165) is 6.08 Å². The van der Waals surface area contributed by atoms with E-state index in [2.05, 4.69) is 4.18 Å². The smallest absolute Gasteiger partial charge is 0.397 e. The van der Waals surface area contributed by atoms with Gasteiger partial charge in [0, 0.05) is 11.8 Å². The molecule has 0 aromatic heterocycles. The zero-order valence-electron chi connectivity index (χ0n) is 20.3. The van der Waals surface area contributed by atoms with Gasteiger partial charge in [-0.2, -0.15) is 8.42 Å². The molecule has 3 rings (SSSR count). The molecule has 13 unspecified atom stereocenters. The molecule has 39 heavy (non-hydrogen) atoms. The van der Waals surface area contributed by atoms with Gasteiger partial charge in [0.05, 0.1) is 32.0 Å². The zero-order chi connectivity index (χ0) is 29.2. The summed E-state index contributed by atoms with van der Waals surface area (Å²) in [5.41, 5.74) is 0. The Morgan fingerprint density at radius 2 is 1.54 bits per heavy atom. The molecular weight excluding hydrogens is 560 g/mol. The van der Waals surface area contributed by atoms with Gasteiger partial charge in [0.25, 0.3) is 0 Å². The number of hydrogen-bond acceptors (Lipinski definition) is 16. The standard InChI is InChI=1S/C20H32O18S/c1-6-12(23)16(38-39(30,31)32)15(26)20(35-6)33-4-7-8(18(29)36-11(3-21)13(7)24)5-34-19-14(25)9(22)2-10(37-19)17(27)28/h2,6-9,11-16,18-26,29H,3-5H2,1H3,(H,27,28)(H,30,31,32). The molecule has 2 saturated heterocycles. The molecule has 0 bridgehead atoms. The molecule has 0 aliphatic carbocycles. The van der Waals surface area contributed by atoms with Crippen LogP contribution in [0.25, 0.3) is 0 Å². The largest absolute Gasteiger partial charge is 0.475 e. The molecule has 0 aromatic carbocycles. The topological polar surface area (TPSA) is 289 Å². The first-order valence-corrected chi connectivity index (χ1v) is 13.0. The first-order valence-electron chi connectivity index (χ1n) is 11.7. The van der Waals surface area contributed by atoms with Gasteiger partial charge in [0.1, 0.15) is 36.6 Å². The highest BCUT2D eigenvalue weighted by Gasteiger charge is 2.49. The van der Waals surface area contributed by atoms with Gasteiger partial charge in [-0.3, -0.25) is 4.55 Å². The molecule has 0 aromatic rings. The molecule has 18 nitrogen and oxygen atoms in total. The Morgan fingerprint density at radius 1 is 0.923 bits per heavy atom. The maximum atomic E-state index is 11.2. The molecule has 3 aliphatic rings. The molecule has 19 heteroatoms. The summed E-state index contributed by atoms with van der Waals surface area (Å²) in [5.74, 6) is -4.63. The third kappa shape index (κ3) is 7.59. The van der Waals surface area contributed by atoms with Gasteiger partial charge < -0.3 is 64.5 Å². The summed E-state index contributed by atoms with van der Waals surface area (Å²) in [4.78, 5) is 11.2. The summed E-state index contributed by atoms with van der Waals surface area (Å²) in [6.45, 7) is -0.583. The van der Waals surface area contributed by atoms with Gasteiger partial charge in [-0.15, -0.1) is 0 Å². The lowest BCUT2D eigenvalue weighted by Crippen LogP contribution is -2.60. The van der Waals surface area contributed by atoms with Crippen molar-refractivity contribution in [2.24, 2.45) is 11.8 Å². The van der Waals surface area contributed by atoms with Crippen LogP contribution in [0, 0.1) is 11.8 Å². The predicted molar refractivity (Wildman–Crippen MR) is 118 cm³/mol. The minimum absolute atomic E-state index is 0.563. The number of aliphatic hydroxyl groups is 7. The van der Waals surface area contributed by atoms with Crippen molar-refractivity contribution in [2.45, 2.75) is 74.6 Å². The molecule has 2 fully saturated rings. The van der Waals surface area contributed by atoms with E-state index in [0.29, 0.717) is 0 Å². The monoisotopic (exact) mass is 592 g/mol. The molecule has 0 spiro atoms. The minimum atomic E-state index is -5.10. The molecule has 3 aliphatic heterocycles. The third-order valence-corrected chi connectivity index (χ3v) is 7.02. The van der Waals surface area contributed by atoms with E-state index < -0.39 is 121 Å². The average molecular weight is 593 g/mol. The van der Waals surface area contributed by atoms with Gasteiger partial charge in [-0.05, 0) is 13.0 Å². The van der Waals surface area contributed by atoms with Crippen LogP contribution in [-0.4, -0.2) is 147 Å². The number of rotatable bonds is 10. The SMILES string of the molecule is CC1OC(OCC2C(O)C(CO)OC(O)C2COC2OC(C(=O)O)=CC(O)C2O)C(O)C(OS(=O)(=O)O)C1O. The fraction of sp³-hybridized carbons (Fsp3) is 0.850. The molecule has 9 N–H and O–H groups in total. The van der Waals surface area contributed by atoms with Gasteiger partial charge in [-0.1, -0.05) is 0 Å². The number of hydrogen-bond donors (Lipinski definition) is 9. The van der Waals surface area contributed by atoms with Crippen molar-refractivity contribution in [1.82, 2.24) is 0 Å². The number of aliphatic hydroxyl groups excluding tert-OH is 7. The maximum Gasteiger partial charge on any atom is 0.397 e. The van der Waals surface area contributed by atoms with Gasteiger partial charge >= 0.3 is 16.4 Å². The predicted octanol–water partition coefficient (Wildman–Crippen LogP) is -4.98. The van der Waals surface area contributed by atoms with Crippen molar-refractivity contribution < 1.29 is 86.5 Å². The van der Waals surface area contributed by atoms with Gasteiger partial charge in [0.2, 0.25) is 12.0 Å². The average Bonchev–Trinajstić information content (AvgIpc) is 2.85. The molecule has 0 radical (unpaired) electrons. The summed E-state index contributed by atoms with van der Waals surface area (Å²) >= 11 is 0. The van der Waals surface area contributed by atoms with Gasteiger partial charge in [0.15, 0.2) is 12.6 Å². The molecule has 3 heterocycles. The molecule has 0 saturated carbocycles. The second kappa shape index (κ2) is 13.0. The van der Waals surface area contributed by atoms with Crippen molar-refractivity contribution in [3.05, 3.63) is 11.8 Å². The Balaban J connectivity index is 1.73. The van der Waals surface area contributed by atoms with Gasteiger partial charge in [-0.25, -0.2) is 8.98 Å². The number of aliphatic carboxylic acids is 1. The Labute approximate surface area is 221 Å². The van der Waals surface area contributed by atoms with Crippen LogP contribution in [0.4, 0.5) is 0 Å². The van der Waals surface area contributed by atoms with E-state index in [1.165, 1.54) is 6.92 Å². The summed E-state index contributed by atoms with van der Waals surface area (Å²) in [5, 5.41) is 80.4. The summed E-state index contributed by atoms with van der Waals surface area (Å²) < 4.78 is 62.0. The highest BCUT2D eigenvalue weighted by molar-refractivity contribution is 7.80. The van der Waals surface area contributed by atoms with Crippen LogP contribution in [0.2, 0.25) is 0 Å². The lowest BCUT2D eigenvalue weighted by molar-refractivity contribution is -0.312. The van der Waals surface area contributed by atoms with Crippen LogP contribution in [-0.2, 0) is 43.1 Å². The van der Waals surface area contributed by atoms with E-state index in [1.807, 2.05) is 0 Å². The normalized spacial score (nSPS) is 43.4. The van der Waals surface area contributed by atoms with Crippen LogP contribution >= 0.6 is 0 Å². The quantitative estimate of drug-likeness (QED) is 0.107. The number of carboxylic acid groups (broad SMARTS) is 1. The van der Waals surface area contributed by atoms with Crippen LogP contribution in [0.3, 0.4) is 0 Å². The maximum absolute atomic E-state index is 11.2. The van der Waals surface area contributed by atoms with Crippen molar-refractivity contribution >= 4 is 16.4 Å². The first-order chi connectivity index (χ1) is 18.1.